The number of hydrogen-bond acceptors (Lipinski definition) is 2. The summed E-state index contributed by atoms with van der Waals surface area (Å²) in [6, 6.07) is 8.52. The molecule has 3 nitrogen and oxygen atoms in total. The minimum absolute atomic E-state index is 0.0599. The van der Waals surface area contributed by atoms with Crippen LogP contribution in [-0.4, -0.2) is 22.8 Å². The van der Waals surface area contributed by atoms with Crippen LogP contribution in [0.15, 0.2) is 24.3 Å². The van der Waals surface area contributed by atoms with Gasteiger partial charge in [-0.15, -0.1) is 0 Å². The fourth-order valence-corrected chi connectivity index (χ4v) is 3.30. The Morgan fingerprint density at radius 1 is 1.14 bits per heavy atom. The zero-order chi connectivity index (χ0) is 15.1. The molecule has 3 heteroatoms. The lowest BCUT2D eigenvalue weighted by atomic mass is 9.83. The Morgan fingerprint density at radius 3 is 2.38 bits per heavy atom. The van der Waals surface area contributed by atoms with Crippen LogP contribution in [0.1, 0.15) is 62.0 Å². The van der Waals surface area contributed by atoms with Gasteiger partial charge in [0.2, 0.25) is 0 Å². The van der Waals surface area contributed by atoms with E-state index in [4.69, 9.17) is 5.11 Å². The molecule has 0 bridgehead atoms. The molecular formula is C18H26O3. The first-order chi connectivity index (χ1) is 10.2. The van der Waals surface area contributed by atoms with Crippen LogP contribution in [-0.2, 0) is 11.2 Å². The Morgan fingerprint density at radius 2 is 1.81 bits per heavy atom. The van der Waals surface area contributed by atoms with Crippen molar-refractivity contribution in [2.75, 3.05) is 6.61 Å². The Hall–Kier alpha value is -1.35. The molecule has 0 spiro atoms. The van der Waals surface area contributed by atoms with Crippen LogP contribution in [0.4, 0.5) is 0 Å². The van der Waals surface area contributed by atoms with Crippen LogP contribution in [0.5, 0.6) is 0 Å². The minimum Gasteiger partial charge on any atom is -0.481 e. The summed E-state index contributed by atoms with van der Waals surface area (Å²) < 4.78 is 0. The average molecular weight is 290 g/mol. The number of aliphatic hydroxyl groups excluding tert-OH is 1. The van der Waals surface area contributed by atoms with Crippen molar-refractivity contribution in [1.29, 1.82) is 0 Å². The highest BCUT2D eigenvalue weighted by atomic mass is 16.4. The molecule has 0 amide bonds. The fourth-order valence-electron chi connectivity index (χ4n) is 3.30. The summed E-state index contributed by atoms with van der Waals surface area (Å²) in [6.45, 7) is 0.0599. The van der Waals surface area contributed by atoms with E-state index in [1.54, 1.807) is 0 Å². The molecule has 1 aromatic carbocycles. The standard InChI is InChI=1S/C18H26O3/c19-12-4-7-17(18(20)21)13-14-8-10-16(11-9-14)15-5-2-1-3-6-15/h8-11,15,17,19H,1-7,12-13H2,(H,20,21). The molecule has 21 heavy (non-hydrogen) atoms. The number of benzene rings is 1. The van der Waals surface area contributed by atoms with Gasteiger partial charge in [0.05, 0.1) is 5.92 Å². The van der Waals surface area contributed by atoms with Crippen LogP contribution >= 0.6 is 0 Å². The summed E-state index contributed by atoms with van der Waals surface area (Å²) in [4.78, 5) is 11.2. The Kier molecular flexibility index (Phi) is 6.24. The van der Waals surface area contributed by atoms with Gasteiger partial charge >= 0.3 is 5.97 Å². The normalized spacial score (nSPS) is 17.6. The number of rotatable bonds is 7. The highest BCUT2D eigenvalue weighted by Gasteiger charge is 2.18. The summed E-state index contributed by atoms with van der Waals surface area (Å²) in [7, 11) is 0. The highest BCUT2D eigenvalue weighted by Crippen LogP contribution is 2.32. The van der Waals surface area contributed by atoms with E-state index in [1.165, 1.54) is 37.7 Å². The van der Waals surface area contributed by atoms with Gasteiger partial charge in [0.25, 0.3) is 0 Å². The van der Waals surface area contributed by atoms with Gasteiger partial charge < -0.3 is 10.2 Å². The third-order valence-electron chi connectivity index (χ3n) is 4.60. The Labute approximate surface area is 127 Å². The van der Waals surface area contributed by atoms with Crippen LogP contribution in [0.3, 0.4) is 0 Å². The van der Waals surface area contributed by atoms with Gasteiger partial charge in [-0.1, -0.05) is 43.5 Å². The molecule has 0 aliphatic heterocycles. The van der Waals surface area contributed by atoms with Crippen molar-refractivity contribution >= 4 is 5.97 Å². The molecule has 1 aromatic rings. The van der Waals surface area contributed by atoms with Gasteiger partial charge in [0, 0.05) is 6.61 Å². The SMILES string of the molecule is O=C(O)C(CCCO)Cc1ccc(C2CCCCC2)cc1. The molecule has 0 radical (unpaired) electrons. The van der Waals surface area contributed by atoms with E-state index >= 15 is 0 Å². The zero-order valence-electron chi connectivity index (χ0n) is 12.6. The van der Waals surface area contributed by atoms with E-state index in [2.05, 4.69) is 24.3 Å². The molecule has 1 aliphatic carbocycles. The predicted octanol–water partition coefficient (Wildman–Crippen LogP) is 3.75. The molecule has 1 unspecified atom stereocenters. The van der Waals surface area contributed by atoms with Gasteiger partial charge in [-0.25, -0.2) is 0 Å². The molecule has 1 aliphatic rings. The second kappa shape index (κ2) is 8.18. The number of aliphatic hydroxyl groups is 1. The van der Waals surface area contributed by atoms with Crippen molar-refractivity contribution in [2.45, 2.75) is 57.3 Å². The Bertz CT molecular complexity index is 432. The minimum atomic E-state index is -0.764. The quantitative estimate of drug-likeness (QED) is 0.804. The molecule has 2 rings (SSSR count). The van der Waals surface area contributed by atoms with Gasteiger partial charge in [0.1, 0.15) is 0 Å². The highest BCUT2D eigenvalue weighted by molar-refractivity contribution is 5.70. The van der Waals surface area contributed by atoms with Gasteiger partial charge in [0.15, 0.2) is 0 Å². The maximum atomic E-state index is 11.2. The first-order valence-corrected chi connectivity index (χ1v) is 8.13. The van der Waals surface area contributed by atoms with Crippen LogP contribution < -0.4 is 0 Å². The number of carboxylic acid groups (broad SMARTS) is 1. The smallest absolute Gasteiger partial charge is 0.306 e. The molecule has 116 valence electrons. The number of aliphatic carboxylic acids is 1. The second-order valence-corrected chi connectivity index (χ2v) is 6.18. The number of hydrogen-bond donors (Lipinski definition) is 2. The van der Waals surface area contributed by atoms with E-state index in [9.17, 15) is 9.90 Å². The lowest BCUT2D eigenvalue weighted by molar-refractivity contribution is -0.142. The molecule has 0 saturated heterocycles. The molecule has 2 N–H and O–H groups in total. The predicted molar refractivity (Wildman–Crippen MR) is 83.4 cm³/mol. The Balaban J connectivity index is 1.95. The lowest BCUT2D eigenvalue weighted by Crippen LogP contribution is -2.17. The topological polar surface area (TPSA) is 57.5 Å². The molecule has 0 heterocycles. The third-order valence-corrected chi connectivity index (χ3v) is 4.60. The van der Waals surface area contributed by atoms with E-state index < -0.39 is 11.9 Å². The van der Waals surface area contributed by atoms with Crippen molar-refractivity contribution in [2.24, 2.45) is 5.92 Å². The third kappa shape index (κ3) is 4.85. The van der Waals surface area contributed by atoms with E-state index in [1.807, 2.05) is 0 Å². The first kappa shape index (κ1) is 16.0. The van der Waals surface area contributed by atoms with Crippen LogP contribution in [0.25, 0.3) is 0 Å². The first-order valence-electron chi connectivity index (χ1n) is 8.13. The molecule has 1 fully saturated rings. The van der Waals surface area contributed by atoms with Gasteiger partial charge in [-0.05, 0) is 49.1 Å². The van der Waals surface area contributed by atoms with Gasteiger partial charge in [-0.3, -0.25) is 4.79 Å². The van der Waals surface area contributed by atoms with E-state index in [0.717, 1.165) is 5.56 Å². The average Bonchev–Trinajstić information content (AvgIpc) is 2.52. The summed E-state index contributed by atoms with van der Waals surface area (Å²) >= 11 is 0. The van der Waals surface area contributed by atoms with Crippen molar-refractivity contribution in [3.63, 3.8) is 0 Å². The summed E-state index contributed by atoms with van der Waals surface area (Å²) in [5.41, 5.74) is 2.49. The maximum absolute atomic E-state index is 11.2. The summed E-state index contributed by atoms with van der Waals surface area (Å²) in [5, 5.41) is 18.1. The molecule has 1 saturated carbocycles. The summed E-state index contributed by atoms with van der Waals surface area (Å²) in [5.74, 6) is -0.463. The molecule has 1 atom stereocenters. The van der Waals surface area contributed by atoms with E-state index in [-0.39, 0.29) is 6.61 Å². The van der Waals surface area contributed by atoms with Gasteiger partial charge in [-0.2, -0.15) is 0 Å². The molecular weight excluding hydrogens is 264 g/mol. The molecule has 0 aromatic heterocycles. The van der Waals surface area contributed by atoms with Crippen LogP contribution in [0.2, 0.25) is 0 Å². The van der Waals surface area contributed by atoms with E-state index in [0.29, 0.717) is 25.2 Å². The second-order valence-electron chi connectivity index (χ2n) is 6.18. The van der Waals surface area contributed by atoms with Crippen LogP contribution in [0, 0.1) is 5.92 Å². The number of carboxylic acids is 1. The fraction of sp³-hybridized carbons (Fsp3) is 0.611. The van der Waals surface area contributed by atoms with Crippen molar-refractivity contribution < 1.29 is 15.0 Å². The number of carbonyl (C=O) groups is 1. The zero-order valence-corrected chi connectivity index (χ0v) is 12.6. The summed E-state index contributed by atoms with van der Waals surface area (Å²) in [6.07, 6.45) is 8.23. The largest absolute Gasteiger partial charge is 0.481 e. The van der Waals surface area contributed by atoms with Crippen molar-refractivity contribution in [3.05, 3.63) is 35.4 Å². The van der Waals surface area contributed by atoms with Crippen molar-refractivity contribution in [3.8, 4) is 0 Å². The lowest BCUT2D eigenvalue weighted by Gasteiger charge is -2.22. The monoisotopic (exact) mass is 290 g/mol. The van der Waals surface area contributed by atoms with Crippen molar-refractivity contribution in [1.82, 2.24) is 0 Å². The maximum Gasteiger partial charge on any atom is 0.306 e.